The predicted molar refractivity (Wildman–Crippen MR) is 109 cm³/mol. The van der Waals surface area contributed by atoms with Crippen LogP contribution in [0.1, 0.15) is 17.2 Å². The highest BCUT2D eigenvalue weighted by Crippen LogP contribution is 2.24. The third-order valence-electron chi connectivity index (χ3n) is 4.83. The lowest BCUT2D eigenvalue weighted by Gasteiger charge is -2.38. The highest BCUT2D eigenvalue weighted by molar-refractivity contribution is 7.88. The van der Waals surface area contributed by atoms with Crippen LogP contribution < -0.4 is 11.1 Å². The van der Waals surface area contributed by atoms with Gasteiger partial charge in [-0.05, 0) is 11.1 Å². The average molecular weight is 417 g/mol. The summed E-state index contributed by atoms with van der Waals surface area (Å²) in [7, 11) is -3.46. The third-order valence-corrected chi connectivity index (χ3v) is 6.68. The summed E-state index contributed by atoms with van der Waals surface area (Å²) >= 11 is 0. The molecule has 0 radical (unpaired) electrons. The number of imide groups is 1. The van der Waals surface area contributed by atoms with Crippen LogP contribution in [0, 0.1) is 0 Å². The van der Waals surface area contributed by atoms with Crippen molar-refractivity contribution in [2.75, 3.05) is 26.2 Å². The van der Waals surface area contributed by atoms with Crippen molar-refractivity contribution in [3.05, 3.63) is 71.8 Å². The predicted octanol–water partition coefficient (Wildman–Crippen LogP) is 1.07. The van der Waals surface area contributed by atoms with Gasteiger partial charge in [-0.2, -0.15) is 4.31 Å². The first-order valence-electron chi connectivity index (χ1n) is 9.28. The number of rotatable bonds is 6. The second-order valence-electron chi connectivity index (χ2n) is 6.84. The normalized spacial score (nSPS) is 16.8. The van der Waals surface area contributed by atoms with Crippen molar-refractivity contribution < 1.29 is 18.0 Å². The quantitative estimate of drug-likeness (QED) is 0.731. The van der Waals surface area contributed by atoms with E-state index < -0.39 is 28.0 Å². The van der Waals surface area contributed by atoms with Crippen LogP contribution in [0.5, 0.6) is 0 Å². The summed E-state index contributed by atoms with van der Waals surface area (Å²) < 4.78 is 26.9. The first-order chi connectivity index (χ1) is 13.9. The molecule has 29 heavy (non-hydrogen) atoms. The highest BCUT2D eigenvalue weighted by Gasteiger charge is 2.34. The van der Waals surface area contributed by atoms with Crippen molar-refractivity contribution in [3.63, 3.8) is 0 Å². The van der Waals surface area contributed by atoms with E-state index in [1.54, 1.807) is 36.4 Å². The molecule has 3 N–H and O–H groups in total. The maximum absolute atomic E-state index is 12.7. The minimum absolute atomic E-state index is 0.0574. The number of amides is 3. The monoisotopic (exact) mass is 416 g/mol. The van der Waals surface area contributed by atoms with Crippen molar-refractivity contribution in [1.82, 2.24) is 14.5 Å². The molecule has 3 rings (SSSR count). The summed E-state index contributed by atoms with van der Waals surface area (Å²) in [5.74, 6) is -0.581. The van der Waals surface area contributed by atoms with Gasteiger partial charge in [-0.25, -0.2) is 13.2 Å². The molecule has 1 heterocycles. The molecular weight excluding hydrogens is 392 g/mol. The van der Waals surface area contributed by atoms with E-state index in [0.29, 0.717) is 18.7 Å². The molecule has 1 saturated heterocycles. The highest BCUT2D eigenvalue weighted by atomic mass is 32.2. The Morgan fingerprint density at radius 3 is 2.03 bits per heavy atom. The Balaban J connectivity index is 1.71. The summed E-state index contributed by atoms with van der Waals surface area (Å²) in [6, 6.07) is 16.4. The van der Waals surface area contributed by atoms with E-state index in [9.17, 15) is 18.0 Å². The standard InChI is InChI=1S/C20H24N4O4S/c21-20(26)22-19(25)18(17-9-5-2-6-10-17)23-11-13-24(14-12-23)29(27,28)15-16-7-3-1-4-8-16/h1-10,18H,11-15H2,(H3,21,22,25,26)/t18-/m1/s1. The fourth-order valence-corrected chi connectivity index (χ4v) is 4.99. The van der Waals surface area contributed by atoms with Gasteiger partial charge in [0.25, 0.3) is 0 Å². The Bertz CT molecular complexity index is 943. The number of urea groups is 1. The molecule has 0 aromatic heterocycles. The van der Waals surface area contributed by atoms with Gasteiger partial charge in [-0.15, -0.1) is 0 Å². The van der Waals surface area contributed by atoms with Crippen LogP contribution in [-0.2, 0) is 20.6 Å². The average Bonchev–Trinajstić information content (AvgIpc) is 2.69. The smallest absolute Gasteiger partial charge is 0.318 e. The molecule has 2 aromatic rings. The topological polar surface area (TPSA) is 113 Å². The number of sulfonamides is 1. The van der Waals surface area contributed by atoms with E-state index >= 15 is 0 Å². The molecule has 0 bridgehead atoms. The number of hydrogen-bond acceptors (Lipinski definition) is 5. The Hall–Kier alpha value is -2.75. The van der Waals surface area contributed by atoms with Crippen molar-refractivity contribution in [1.29, 1.82) is 0 Å². The summed E-state index contributed by atoms with van der Waals surface area (Å²) in [5, 5.41) is 2.14. The van der Waals surface area contributed by atoms with E-state index in [1.807, 2.05) is 29.2 Å². The number of carbonyl (C=O) groups is 2. The van der Waals surface area contributed by atoms with Gasteiger partial charge in [0.05, 0.1) is 5.75 Å². The zero-order chi connectivity index (χ0) is 20.9. The molecule has 0 saturated carbocycles. The lowest BCUT2D eigenvalue weighted by molar-refractivity contribution is -0.126. The zero-order valence-corrected chi connectivity index (χ0v) is 16.7. The molecule has 1 aliphatic heterocycles. The van der Waals surface area contributed by atoms with Crippen LogP contribution in [0.2, 0.25) is 0 Å². The maximum Gasteiger partial charge on any atom is 0.318 e. The number of nitrogens with two attached hydrogens (primary N) is 1. The van der Waals surface area contributed by atoms with Gasteiger partial charge in [0.2, 0.25) is 15.9 Å². The second kappa shape index (κ2) is 9.17. The minimum atomic E-state index is -3.46. The van der Waals surface area contributed by atoms with E-state index in [1.165, 1.54) is 4.31 Å². The Morgan fingerprint density at radius 1 is 0.931 bits per heavy atom. The van der Waals surface area contributed by atoms with Crippen LogP contribution in [0.15, 0.2) is 60.7 Å². The SMILES string of the molecule is NC(=O)NC(=O)[C@@H](c1ccccc1)N1CCN(S(=O)(=O)Cc2ccccc2)CC1. The van der Waals surface area contributed by atoms with Crippen LogP contribution in [-0.4, -0.2) is 55.7 Å². The number of primary amides is 1. The lowest BCUT2D eigenvalue weighted by atomic mass is 10.0. The number of nitrogens with zero attached hydrogens (tertiary/aromatic N) is 2. The van der Waals surface area contributed by atoms with Crippen LogP contribution in [0.25, 0.3) is 0 Å². The number of nitrogens with one attached hydrogen (secondary N) is 1. The zero-order valence-electron chi connectivity index (χ0n) is 15.9. The van der Waals surface area contributed by atoms with Crippen molar-refractivity contribution in [2.24, 2.45) is 5.73 Å². The van der Waals surface area contributed by atoms with Crippen LogP contribution >= 0.6 is 0 Å². The van der Waals surface area contributed by atoms with Crippen molar-refractivity contribution >= 4 is 22.0 Å². The molecule has 8 nitrogen and oxygen atoms in total. The van der Waals surface area contributed by atoms with Crippen molar-refractivity contribution in [2.45, 2.75) is 11.8 Å². The van der Waals surface area contributed by atoms with Crippen molar-refractivity contribution in [3.8, 4) is 0 Å². The molecule has 154 valence electrons. The van der Waals surface area contributed by atoms with Gasteiger partial charge in [-0.3, -0.25) is 15.0 Å². The van der Waals surface area contributed by atoms with Gasteiger partial charge >= 0.3 is 6.03 Å². The largest absolute Gasteiger partial charge is 0.351 e. The lowest BCUT2D eigenvalue weighted by Crippen LogP contribution is -2.53. The summed E-state index contributed by atoms with van der Waals surface area (Å²) in [4.78, 5) is 25.6. The molecule has 1 fully saturated rings. The van der Waals surface area contributed by atoms with Crippen LogP contribution in [0.4, 0.5) is 4.79 Å². The van der Waals surface area contributed by atoms with Gasteiger partial charge in [0.15, 0.2) is 0 Å². The molecule has 1 aliphatic rings. The summed E-state index contributed by atoms with van der Waals surface area (Å²) in [5.41, 5.74) is 6.56. The molecule has 2 aromatic carbocycles. The molecule has 9 heteroatoms. The van der Waals surface area contributed by atoms with Gasteiger partial charge < -0.3 is 5.73 Å². The molecule has 1 atom stereocenters. The second-order valence-corrected chi connectivity index (χ2v) is 8.81. The minimum Gasteiger partial charge on any atom is -0.351 e. The first kappa shape index (κ1) is 21.0. The number of piperazine rings is 1. The molecule has 0 aliphatic carbocycles. The van der Waals surface area contributed by atoms with E-state index in [-0.39, 0.29) is 18.8 Å². The van der Waals surface area contributed by atoms with E-state index in [4.69, 9.17) is 5.73 Å². The molecule has 0 spiro atoms. The summed E-state index contributed by atoms with van der Waals surface area (Å²) in [6.45, 7) is 1.25. The van der Waals surface area contributed by atoms with Gasteiger partial charge in [0.1, 0.15) is 6.04 Å². The van der Waals surface area contributed by atoms with E-state index in [0.717, 1.165) is 5.56 Å². The first-order valence-corrected chi connectivity index (χ1v) is 10.9. The molecular formula is C20H24N4O4S. The fourth-order valence-electron chi connectivity index (χ4n) is 3.47. The molecule has 3 amide bonds. The summed E-state index contributed by atoms with van der Waals surface area (Å²) in [6.07, 6.45) is 0. The van der Waals surface area contributed by atoms with E-state index in [2.05, 4.69) is 5.32 Å². The van der Waals surface area contributed by atoms with Crippen LogP contribution in [0.3, 0.4) is 0 Å². The molecule has 0 unspecified atom stereocenters. The Morgan fingerprint density at radius 2 is 1.48 bits per heavy atom. The van der Waals surface area contributed by atoms with Gasteiger partial charge in [0, 0.05) is 26.2 Å². The number of hydrogen-bond donors (Lipinski definition) is 2. The Labute approximate surface area is 170 Å². The number of benzene rings is 2. The Kier molecular flexibility index (Phi) is 6.63. The fraction of sp³-hybridized carbons (Fsp3) is 0.300. The van der Waals surface area contributed by atoms with Gasteiger partial charge in [-0.1, -0.05) is 60.7 Å². The number of carbonyl (C=O) groups excluding carboxylic acids is 2. The third kappa shape index (κ3) is 5.41. The maximum atomic E-state index is 12.7.